The second-order valence-corrected chi connectivity index (χ2v) is 16.2. The smallest absolute Gasteiger partial charge is 0.254 e. The molecule has 8 rings (SSSR count). The molecule has 2 fully saturated rings. The van der Waals surface area contributed by atoms with Gasteiger partial charge in [-0.05, 0) is 60.3 Å². The van der Waals surface area contributed by atoms with Crippen LogP contribution in [0.3, 0.4) is 0 Å². The fourth-order valence-electron chi connectivity index (χ4n) is 7.87. The zero-order chi connectivity index (χ0) is 39.8. The van der Waals surface area contributed by atoms with Crippen LogP contribution in [-0.2, 0) is 9.59 Å². The Labute approximate surface area is 334 Å². The molecule has 4 aromatic heterocycles. The lowest BCUT2D eigenvalue weighted by molar-refractivity contribution is -0.141. The van der Waals surface area contributed by atoms with Crippen LogP contribution in [0.25, 0.3) is 32.7 Å². The van der Waals surface area contributed by atoms with Gasteiger partial charge in [-0.1, -0.05) is 50.2 Å². The van der Waals surface area contributed by atoms with E-state index in [1.165, 1.54) is 4.90 Å². The van der Waals surface area contributed by atoms with E-state index in [2.05, 4.69) is 35.1 Å². The van der Waals surface area contributed by atoms with Gasteiger partial charge < -0.3 is 34.3 Å². The van der Waals surface area contributed by atoms with Crippen molar-refractivity contribution >= 4 is 34.2 Å². The molecular formula is C42H46N8O6S. The number of benzene rings is 2. The van der Waals surface area contributed by atoms with Crippen LogP contribution in [0.1, 0.15) is 62.2 Å². The normalized spacial score (nSPS) is 18.5. The first-order valence-electron chi connectivity index (χ1n) is 19.3. The third-order valence-electron chi connectivity index (χ3n) is 11.0. The molecule has 0 radical (unpaired) electrons. The Morgan fingerprint density at radius 3 is 2.56 bits per heavy atom. The Morgan fingerprint density at radius 1 is 1.04 bits per heavy atom. The average molecular weight is 791 g/mol. The van der Waals surface area contributed by atoms with Crippen molar-refractivity contribution in [2.45, 2.75) is 64.3 Å². The maximum absolute atomic E-state index is 14.1. The van der Waals surface area contributed by atoms with Crippen LogP contribution in [0.5, 0.6) is 11.6 Å². The van der Waals surface area contributed by atoms with Crippen LogP contribution in [0, 0.1) is 12.8 Å². The van der Waals surface area contributed by atoms with Crippen LogP contribution in [0.4, 0.5) is 0 Å². The van der Waals surface area contributed by atoms with E-state index in [0.29, 0.717) is 30.2 Å². The minimum Gasteiger partial charge on any atom is -0.507 e. The number of phenolic OH excluding ortho intramolecular Hbond substituents is 1. The first-order valence-corrected chi connectivity index (χ1v) is 20.2. The molecule has 14 nitrogen and oxygen atoms in total. The van der Waals surface area contributed by atoms with Gasteiger partial charge in [0.2, 0.25) is 11.8 Å². The summed E-state index contributed by atoms with van der Waals surface area (Å²) in [4.78, 5) is 37.0. The first kappa shape index (κ1) is 38.2. The van der Waals surface area contributed by atoms with Crippen LogP contribution in [-0.4, -0.2) is 102 Å². The Hall–Kier alpha value is -5.64. The minimum atomic E-state index is -0.828. The number of hydrogen-bond donors (Lipinski definition) is 3. The molecule has 2 aliphatic rings. The van der Waals surface area contributed by atoms with Crippen LogP contribution in [0.15, 0.2) is 83.0 Å². The number of thiazole rings is 1. The number of likely N-dealkylation sites (tertiary alicyclic amines) is 2. The molecule has 2 amide bonds. The van der Waals surface area contributed by atoms with Gasteiger partial charge in [0.25, 0.3) is 5.88 Å². The molecule has 0 bridgehead atoms. The summed E-state index contributed by atoms with van der Waals surface area (Å²) in [6, 6.07) is 19.8. The number of nitrogens with one attached hydrogen (secondary N) is 1. The van der Waals surface area contributed by atoms with Gasteiger partial charge in [0.1, 0.15) is 29.8 Å². The monoisotopic (exact) mass is 790 g/mol. The number of hydrogen-bond acceptors (Lipinski definition) is 12. The largest absolute Gasteiger partial charge is 0.507 e. The average Bonchev–Trinajstić information content (AvgIpc) is 4.00. The van der Waals surface area contributed by atoms with Crippen molar-refractivity contribution in [3.63, 3.8) is 0 Å². The van der Waals surface area contributed by atoms with E-state index < -0.39 is 18.1 Å². The van der Waals surface area contributed by atoms with Gasteiger partial charge in [0.05, 0.1) is 45.5 Å². The number of nitrogens with zero attached hydrogens (tertiary/aromatic N) is 7. The van der Waals surface area contributed by atoms with Gasteiger partial charge in [0, 0.05) is 50.4 Å². The fourth-order valence-corrected chi connectivity index (χ4v) is 8.68. The Morgan fingerprint density at radius 2 is 1.82 bits per heavy atom. The highest BCUT2D eigenvalue weighted by atomic mass is 32.1. The number of aliphatic hydroxyl groups is 1. The molecule has 0 spiro atoms. The van der Waals surface area contributed by atoms with Crippen molar-refractivity contribution in [1.29, 1.82) is 0 Å². The van der Waals surface area contributed by atoms with E-state index in [0.717, 1.165) is 45.8 Å². The highest BCUT2D eigenvalue weighted by Gasteiger charge is 2.43. The SMILES string of the molecule is Cc1ncsc1-c1ccc([C@H](C)NC(=O)C2CC(O)CN2C(=O)[C@@H](c2cc(OCCN3CC(n4ccc5nnc(-c6ccccc6O)cc54)C3)no2)C(C)C)cc1. The number of carbonyl (C=O) groups excluding carboxylic acids is 2. The maximum atomic E-state index is 14.1. The molecule has 6 aromatic rings. The summed E-state index contributed by atoms with van der Waals surface area (Å²) in [6.07, 6.45) is 1.35. The standard InChI is InChI=1S/C42H46N8O6S/c1-24(2)39(42(54)50-22-30(51)17-35(50)41(53)44-25(3)27-9-11-28(12-10-27)40-26(4)43-23-57-40)37-19-38(47-56-37)55-16-15-48-20-29(21-48)49-14-13-32-34(49)18-33(46-45-32)31-7-5-6-8-36(31)52/h5-14,18-19,23-25,29-30,35,39,51-52H,15-17,20-22H2,1-4H3,(H,44,53)/t25-,30?,35?,39+/m0/s1. The van der Waals surface area contributed by atoms with Crippen molar-refractivity contribution in [1.82, 2.24) is 40.0 Å². The van der Waals surface area contributed by atoms with E-state index >= 15 is 0 Å². The number of aryl methyl sites for hydroxylation is 1. The number of aromatic hydroxyl groups is 1. The van der Waals surface area contributed by atoms with Gasteiger partial charge in [-0.2, -0.15) is 0 Å². The Balaban J connectivity index is 0.851. The van der Waals surface area contributed by atoms with Crippen LogP contribution < -0.4 is 10.1 Å². The zero-order valence-corrected chi connectivity index (χ0v) is 33.1. The zero-order valence-electron chi connectivity index (χ0n) is 32.3. The Kier molecular flexibility index (Phi) is 10.8. The summed E-state index contributed by atoms with van der Waals surface area (Å²) in [5.74, 6) is -0.719. The molecule has 3 N–H and O–H groups in total. The Bertz CT molecular complexity index is 2370. The van der Waals surface area contributed by atoms with E-state index in [1.807, 2.05) is 87.9 Å². The van der Waals surface area contributed by atoms with E-state index in [-0.39, 0.29) is 54.4 Å². The highest BCUT2D eigenvalue weighted by Crippen LogP contribution is 2.34. The number of β-amino-alcohol motifs (C(OH)–C–C–N with tert-alkyl or cyclic N) is 1. The molecule has 0 aliphatic carbocycles. The second kappa shape index (κ2) is 16.1. The topological polar surface area (TPSA) is 172 Å². The molecular weight excluding hydrogens is 745 g/mol. The summed E-state index contributed by atoms with van der Waals surface area (Å²) < 4.78 is 13.9. The predicted molar refractivity (Wildman–Crippen MR) is 215 cm³/mol. The molecule has 57 heavy (non-hydrogen) atoms. The van der Waals surface area contributed by atoms with E-state index in [1.54, 1.807) is 29.5 Å². The third-order valence-corrected chi connectivity index (χ3v) is 12.0. The van der Waals surface area contributed by atoms with Crippen molar-refractivity contribution in [3.05, 3.63) is 95.5 Å². The number of para-hydroxylation sites is 1. The second-order valence-electron chi connectivity index (χ2n) is 15.3. The molecule has 6 heterocycles. The molecule has 4 atom stereocenters. The summed E-state index contributed by atoms with van der Waals surface area (Å²) in [5, 5.41) is 36.9. The van der Waals surface area contributed by atoms with Gasteiger partial charge >= 0.3 is 0 Å². The first-order chi connectivity index (χ1) is 27.5. The molecule has 296 valence electrons. The molecule has 2 saturated heterocycles. The number of aromatic nitrogens is 5. The van der Waals surface area contributed by atoms with Crippen molar-refractivity contribution < 1.29 is 29.1 Å². The quantitative estimate of drug-likeness (QED) is 0.130. The van der Waals surface area contributed by atoms with Crippen molar-refractivity contribution in [3.8, 4) is 33.3 Å². The van der Waals surface area contributed by atoms with Gasteiger partial charge in [0.15, 0.2) is 5.76 Å². The molecule has 15 heteroatoms. The fraction of sp³-hybridized carbons (Fsp3) is 0.381. The summed E-state index contributed by atoms with van der Waals surface area (Å²) in [6.45, 7) is 10.5. The number of amides is 2. The lowest BCUT2D eigenvalue weighted by atomic mass is 9.91. The number of carbonyl (C=O) groups is 2. The number of phenols is 1. The van der Waals surface area contributed by atoms with Gasteiger partial charge in [-0.25, -0.2) is 4.98 Å². The lowest BCUT2D eigenvalue weighted by Crippen LogP contribution is -2.48. The van der Waals surface area contributed by atoms with E-state index in [4.69, 9.17) is 9.26 Å². The minimum absolute atomic E-state index is 0.0513. The molecule has 0 saturated carbocycles. The van der Waals surface area contributed by atoms with Gasteiger partial charge in [-0.3, -0.25) is 14.5 Å². The molecule has 2 aliphatic heterocycles. The van der Waals surface area contributed by atoms with Crippen LogP contribution >= 0.6 is 11.3 Å². The predicted octanol–water partition coefficient (Wildman–Crippen LogP) is 5.74. The summed E-state index contributed by atoms with van der Waals surface area (Å²) in [7, 11) is 0. The maximum Gasteiger partial charge on any atom is 0.254 e. The lowest BCUT2D eigenvalue weighted by Gasteiger charge is -2.40. The summed E-state index contributed by atoms with van der Waals surface area (Å²) in [5.41, 5.74) is 7.82. The number of aliphatic hydroxyl groups excluding tert-OH is 1. The third kappa shape index (κ3) is 7.87. The molecule has 2 unspecified atom stereocenters. The van der Waals surface area contributed by atoms with Gasteiger partial charge in [-0.15, -0.1) is 21.5 Å². The van der Waals surface area contributed by atoms with Crippen LogP contribution in [0.2, 0.25) is 0 Å². The number of rotatable bonds is 13. The number of fused-ring (bicyclic) bond motifs is 1. The molecule has 2 aromatic carbocycles. The number of ether oxygens (including phenoxy) is 1. The summed E-state index contributed by atoms with van der Waals surface area (Å²) >= 11 is 1.59. The van der Waals surface area contributed by atoms with Crippen molar-refractivity contribution in [2.75, 3.05) is 32.8 Å². The highest BCUT2D eigenvalue weighted by molar-refractivity contribution is 7.13. The van der Waals surface area contributed by atoms with Crippen molar-refractivity contribution in [2.24, 2.45) is 5.92 Å². The van der Waals surface area contributed by atoms with E-state index in [9.17, 15) is 19.8 Å².